The number of hydrogen-bond acceptors (Lipinski definition) is 4. The van der Waals surface area contributed by atoms with Gasteiger partial charge < -0.3 is 4.57 Å². The molecule has 0 aliphatic carbocycles. The summed E-state index contributed by atoms with van der Waals surface area (Å²) in [5.41, 5.74) is 1.28. The van der Waals surface area contributed by atoms with Crippen LogP contribution in [0.3, 0.4) is 0 Å². The number of non-ortho nitro benzene ring substituents is 1. The van der Waals surface area contributed by atoms with Crippen LogP contribution in [-0.2, 0) is 22.2 Å². The smallest absolute Gasteiger partial charge is 0.269 e. The van der Waals surface area contributed by atoms with E-state index in [0.29, 0.717) is 38.3 Å². The number of rotatable bonds is 16. The van der Waals surface area contributed by atoms with Crippen molar-refractivity contribution in [2.75, 3.05) is 0 Å². The monoisotopic (exact) mass is 669 g/mol. The number of aryl methyl sites for hydroxylation is 2. The fraction of sp³-hybridized carbons (Fsp3) is 0.486. The Morgan fingerprint density at radius 3 is 1.53 bits per heavy atom. The van der Waals surface area contributed by atoms with Crippen molar-refractivity contribution < 1.29 is 14.3 Å². The van der Waals surface area contributed by atoms with Crippen LogP contribution in [0.15, 0.2) is 60.7 Å². The lowest BCUT2D eigenvalue weighted by molar-refractivity contribution is -0.384. The molecule has 0 radical (unpaired) electrons. The van der Waals surface area contributed by atoms with Gasteiger partial charge in [0.05, 0.1) is 4.92 Å². The summed E-state index contributed by atoms with van der Waals surface area (Å²) in [6, 6.07) is 17.2. The number of carbonyl (C=O) groups excluding carboxylic acids is 1. The first-order valence-electron chi connectivity index (χ1n) is 16.4. The molecule has 4 rings (SSSR count). The first-order valence-corrected chi connectivity index (χ1v) is 19.0. The van der Waals surface area contributed by atoms with E-state index in [1.807, 2.05) is 36.4 Å². The highest BCUT2D eigenvalue weighted by molar-refractivity contribution is 7.76. The van der Waals surface area contributed by atoms with Crippen molar-refractivity contribution in [2.24, 2.45) is 11.8 Å². The molecular formula is C37H46Cl2NO4P. The highest BCUT2D eigenvalue weighted by Gasteiger charge is 2.62. The molecule has 1 aliphatic heterocycles. The lowest BCUT2D eigenvalue weighted by Gasteiger charge is -2.44. The second-order valence-electron chi connectivity index (χ2n) is 13.4. The second-order valence-corrected chi connectivity index (χ2v) is 17.2. The zero-order valence-corrected chi connectivity index (χ0v) is 29.3. The van der Waals surface area contributed by atoms with Gasteiger partial charge in [0.25, 0.3) is 5.69 Å². The minimum atomic E-state index is -3.52. The summed E-state index contributed by atoms with van der Waals surface area (Å²) in [6.07, 6.45) is 11.0. The largest absolute Gasteiger partial charge is 0.316 e. The van der Waals surface area contributed by atoms with Crippen LogP contribution in [0.4, 0.5) is 5.69 Å². The van der Waals surface area contributed by atoms with Crippen LogP contribution >= 0.6 is 30.3 Å². The fourth-order valence-electron chi connectivity index (χ4n) is 6.43. The molecule has 3 aromatic carbocycles. The summed E-state index contributed by atoms with van der Waals surface area (Å²) in [4.78, 5) is 24.9. The molecule has 242 valence electrons. The van der Waals surface area contributed by atoms with Gasteiger partial charge in [0.1, 0.15) is 18.5 Å². The Bertz CT molecular complexity index is 1450. The Kier molecular flexibility index (Phi) is 12.5. The molecule has 2 atom stereocenters. The lowest BCUT2D eigenvalue weighted by atomic mass is 9.96. The molecule has 0 aromatic heterocycles. The standard InChI is InChI=1S/C37H46Cl2NO4P/c1-25(2)11-7-5-9-13-27-15-21-31(33(38)23-27)36-35(41)37(45(36,44)30-19-17-29(18-20-30)40(42)43)32-22-16-28(24-34(32)39)14-10-6-8-12-26(3)4/h15-26,36-37H,5-14H2,1-4H3. The van der Waals surface area contributed by atoms with Crippen LogP contribution in [0.25, 0.3) is 0 Å². The van der Waals surface area contributed by atoms with Crippen molar-refractivity contribution in [3.8, 4) is 0 Å². The number of nitrogens with zero attached hydrogens (tertiary/aromatic N) is 1. The molecule has 3 aromatic rings. The third-order valence-electron chi connectivity index (χ3n) is 8.98. The molecule has 1 fully saturated rings. The normalized spacial score (nSPS) is 19.7. The zero-order chi connectivity index (χ0) is 32.7. The quantitative estimate of drug-likeness (QED) is 0.0658. The minimum Gasteiger partial charge on any atom is -0.316 e. The molecule has 0 saturated carbocycles. The van der Waals surface area contributed by atoms with Gasteiger partial charge in [-0.25, -0.2) is 0 Å². The Morgan fingerprint density at radius 2 is 1.16 bits per heavy atom. The van der Waals surface area contributed by atoms with Gasteiger partial charge in [-0.1, -0.05) is 114 Å². The first kappa shape index (κ1) is 35.4. The Labute approximate surface area is 278 Å². The zero-order valence-electron chi connectivity index (χ0n) is 26.9. The SMILES string of the molecule is CC(C)CCCCCc1ccc(C2C(=O)C(c3ccc(CCCCCC(C)C)cc3Cl)P2(=O)c2ccc([N+](=O)[O-])cc2)c(Cl)c1. The van der Waals surface area contributed by atoms with Crippen LogP contribution in [0.2, 0.25) is 10.0 Å². The number of ketones is 1. The molecule has 0 N–H and O–H groups in total. The van der Waals surface area contributed by atoms with Gasteiger partial charge in [-0.15, -0.1) is 0 Å². The molecule has 0 amide bonds. The number of Topliss-reactive ketones (excluding diaryl/α,β-unsaturated/α-hetero) is 1. The van der Waals surface area contributed by atoms with E-state index in [9.17, 15) is 14.9 Å². The molecular weight excluding hydrogens is 624 g/mol. The third kappa shape index (κ3) is 8.47. The van der Waals surface area contributed by atoms with Gasteiger partial charge in [-0.2, -0.15) is 0 Å². The summed E-state index contributed by atoms with van der Waals surface area (Å²) in [5, 5.41) is 12.6. The summed E-state index contributed by atoms with van der Waals surface area (Å²) in [5.74, 6) is 1.21. The molecule has 0 spiro atoms. The van der Waals surface area contributed by atoms with Gasteiger partial charge in [0, 0.05) is 27.5 Å². The van der Waals surface area contributed by atoms with Crippen molar-refractivity contribution in [1.82, 2.24) is 0 Å². The van der Waals surface area contributed by atoms with E-state index in [1.165, 1.54) is 49.9 Å². The van der Waals surface area contributed by atoms with E-state index < -0.39 is 23.4 Å². The molecule has 0 bridgehead atoms. The number of benzene rings is 3. The third-order valence-corrected chi connectivity index (χ3v) is 13.3. The Hall–Kier alpha value is -2.46. The van der Waals surface area contributed by atoms with Crippen LogP contribution in [-0.4, -0.2) is 10.7 Å². The molecule has 1 aliphatic rings. The van der Waals surface area contributed by atoms with Crippen LogP contribution in [0.1, 0.15) is 113 Å². The highest BCUT2D eigenvalue weighted by Crippen LogP contribution is 2.79. The fourth-order valence-corrected chi connectivity index (χ4v) is 10.8. The van der Waals surface area contributed by atoms with Gasteiger partial charge in [-0.3, -0.25) is 14.9 Å². The summed E-state index contributed by atoms with van der Waals surface area (Å²) < 4.78 is 15.2. The summed E-state index contributed by atoms with van der Waals surface area (Å²) in [6.45, 7) is 8.94. The molecule has 8 heteroatoms. The van der Waals surface area contributed by atoms with Gasteiger partial charge in [0.15, 0.2) is 5.78 Å². The van der Waals surface area contributed by atoms with Crippen molar-refractivity contribution in [3.63, 3.8) is 0 Å². The molecule has 2 unspecified atom stereocenters. The van der Waals surface area contributed by atoms with E-state index in [2.05, 4.69) is 27.7 Å². The highest BCUT2D eigenvalue weighted by atomic mass is 35.5. The lowest BCUT2D eigenvalue weighted by Crippen LogP contribution is -2.38. The average Bonchev–Trinajstić information content (AvgIpc) is 2.99. The number of halogens is 2. The summed E-state index contributed by atoms with van der Waals surface area (Å²) in [7, 11) is -3.52. The number of nitro benzene ring substituents is 1. The van der Waals surface area contributed by atoms with Gasteiger partial charge in [-0.05, 0) is 84.0 Å². The van der Waals surface area contributed by atoms with Crippen LogP contribution < -0.4 is 5.30 Å². The van der Waals surface area contributed by atoms with Crippen LogP contribution in [0, 0.1) is 22.0 Å². The number of nitro groups is 1. The van der Waals surface area contributed by atoms with Crippen molar-refractivity contribution in [1.29, 1.82) is 0 Å². The molecule has 45 heavy (non-hydrogen) atoms. The van der Waals surface area contributed by atoms with Crippen molar-refractivity contribution in [2.45, 2.75) is 103 Å². The second kappa shape index (κ2) is 15.9. The molecule has 1 saturated heterocycles. The van der Waals surface area contributed by atoms with Gasteiger partial charge in [0.2, 0.25) is 0 Å². The van der Waals surface area contributed by atoms with Crippen molar-refractivity contribution in [3.05, 3.63) is 103 Å². The maximum Gasteiger partial charge on any atom is 0.269 e. The number of carbonyl (C=O) groups is 1. The summed E-state index contributed by atoms with van der Waals surface area (Å²) >= 11 is 13.6. The predicted octanol–water partition coefficient (Wildman–Crippen LogP) is 11.5. The van der Waals surface area contributed by atoms with E-state index in [4.69, 9.17) is 23.2 Å². The topological polar surface area (TPSA) is 77.3 Å². The number of unbranched alkanes of at least 4 members (excludes halogenated alkanes) is 4. The van der Waals surface area contributed by atoms with Crippen LogP contribution in [0.5, 0.6) is 0 Å². The average molecular weight is 671 g/mol. The predicted molar refractivity (Wildman–Crippen MR) is 188 cm³/mol. The van der Waals surface area contributed by atoms with E-state index >= 15 is 4.57 Å². The Morgan fingerprint density at radius 1 is 0.711 bits per heavy atom. The minimum absolute atomic E-state index is 0.100. The van der Waals surface area contributed by atoms with Gasteiger partial charge >= 0.3 is 0 Å². The van der Waals surface area contributed by atoms with E-state index in [0.717, 1.165) is 49.7 Å². The van der Waals surface area contributed by atoms with Crippen molar-refractivity contribution >= 4 is 47.1 Å². The maximum absolute atomic E-state index is 15.2. The maximum atomic E-state index is 15.2. The number of hydrogen-bond donors (Lipinski definition) is 0. The Balaban J connectivity index is 1.60. The first-order chi connectivity index (χ1) is 21.4. The van der Waals surface area contributed by atoms with E-state index in [1.54, 1.807) is 0 Å². The van der Waals surface area contributed by atoms with E-state index in [-0.39, 0.29) is 11.5 Å². The molecule has 1 heterocycles. The molecule has 5 nitrogen and oxygen atoms in total.